The van der Waals surface area contributed by atoms with Crippen molar-refractivity contribution in [2.75, 3.05) is 5.73 Å². The smallest absolute Gasteiger partial charge is 0.132 e. The van der Waals surface area contributed by atoms with E-state index >= 15 is 0 Å². The maximum absolute atomic E-state index is 5.73. The molecular formula is C12H15N3O. The highest BCUT2D eigenvalue weighted by atomic mass is 16.5. The Hall–Kier alpha value is -1.97. The number of anilines is 1. The van der Waals surface area contributed by atoms with Gasteiger partial charge >= 0.3 is 0 Å². The van der Waals surface area contributed by atoms with E-state index in [1.54, 1.807) is 4.68 Å². The fourth-order valence-electron chi connectivity index (χ4n) is 1.44. The van der Waals surface area contributed by atoms with Gasteiger partial charge < -0.3 is 10.5 Å². The van der Waals surface area contributed by atoms with Gasteiger partial charge in [-0.1, -0.05) is 0 Å². The second-order valence-electron chi connectivity index (χ2n) is 3.79. The molecule has 0 amide bonds. The van der Waals surface area contributed by atoms with Crippen LogP contribution in [0.5, 0.6) is 5.75 Å². The summed E-state index contributed by atoms with van der Waals surface area (Å²) in [6.45, 7) is 2.44. The van der Waals surface area contributed by atoms with Gasteiger partial charge in [-0.15, -0.1) is 0 Å². The van der Waals surface area contributed by atoms with Gasteiger partial charge in [-0.3, -0.25) is 4.68 Å². The van der Waals surface area contributed by atoms with Crippen LogP contribution in [-0.2, 0) is 13.7 Å². The lowest BCUT2D eigenvalue weighted by molar-refractivity contribution is 0.300. The summed E-state index contributed by atoms with van der Waals surface area (Å²) in [5.74, 6) is 0.817. The largest absolute Gasteiger partial charge is 0.487 e. The first kappa shape index (κ1) is 10.5. The monoisotopic (exact) mass is 217 g/mol. The highest BCUT2D eigenvalue weighted by molar-refractivity contribution is 5.49. The zero-order chi connectivity index (χ0) is 11.5. The minimum absolute atomic E-state index is 0.476. The summed E-state index contributed by atoms with van der Waals surface area (Å²) in [5.41, 5.74) is 8.45. The number of rotatable bonds is 3. The average molecular weight is 217 g/mol. The van der Waals surface area contributed by atoms with Crippen molar-refractivity contribution in [1.29, 1.82) is 0 Å². The van der Waals surface area contributed by atoms with Crippen LogP contribution in [0.1, 0.15) is 11.3 Å². The maximum Gasteiger partial charge on any atom is 0.132 e. The second kappa shape index (κ2) is 4.26. The number of nitrogens with zero attached hydrogens (tertiary/aromatic N) is 2. The molecule has 0 aliphatic heterocycles. The fraction of sp³-hybridized carbons (Fsp3) is 0.250. The molecule has 0 aliphatic carbocycles. The van der Waals surface area contributed by atoms with E-state index in [2.05, 4.69) is 5.10 Å². The molecule has 0 atom stereocenters. The Morgan fingerprint density at radius 3 is 2.81 bits per heavy atom. The van der Waals surface area contributed by atoms with Gasteiger partial charge in [0.15, 0.2) is 0 Å². The standard InChI is InChI=1S/C12H15N3O/c1-9-7-11(3-4-12(9)13)16-8-10-5-6-15(2)14-10/h3-7H,8,13H2,1-2H3. The van der Waals surface area contributed by atoms with Crippen molar-refractivity contribution in [1.82, 2.24) is 9.78 Å². The van der Waals surface area contributed by atoms with Gasteiger partial charge in [0.25, 0.3) is 0 Å². The minimum atomic E-state index is 0.476. The number of hydrogen-bond acceptors (Lipinski definition) is 3. The molecule has 0 saturated carbocycles. The molecule has 4 heteroatoms. The Morgan fingerprint density at radius 1 is 1.38 bits per heavy atom. The van der Waals surface area contributed by atoms with E-state index in [0.717, 1.165) is 22.7 Å². The first-order chi connectivity index (χ1) is 7.65. The molecule has 0 aliphatic rings. The molecule has 1 aromatic heterocycles. The van der Waals surface area contributed by atoms with Gasteiger partial charge in [-0.05, 0) is 36.8 Å². The second-order valence-corrected chi connectivity index (χ2v) is 3.79. The summed E-state index contributed by atoms with van der Waals surface area (Å²) >= 11 is 0. The zero-order valence-electron chi connectivity index (χ0n) is 9.47. The topological polar surface area (TPSA) is 53.1 Å². The number of nitrogens with two attached hydrogens (primary N) is 1. The summed E-state index contributed by atoms with van der Waals surface area (Å²) in [7, 11) is 1.89. The molecule has 0 fully saturated rings. The molecular weight excluding hydrogens is 202 g/mol. The summed E-state index contributed by atoms with van der Waals surface area (Å²) in [6, 6.07) is 7.58. The molecule has 16 heavy (non-hydrogen) atoms. The third-order valence-corrected chi connectivity index (χ3v) is 2.40. The van der Waals surface area contributed by atoms with Crippen molar-refractivity contribution in [3.05, 3.63) is 41.7 Å². The van der Waals surface area contributed by atoms with E-state index in [9.17, 15) is 0 Å². The normalized spacial score (nSPS) is 10.4. The molecule has 0 unspecified atom stereocenters. The van der Waals surface area contributed by atoms with Crippen LogP contribution in [0, 0.1) is 6.92 Å². The van der Waals surface area contributed by atoms with Crippen LogP contribution >= 0.6 is 0 Å². The SMILES string of the molecule is Cc1cc(OCc2ccn(C)n2)ccc1N. The molecule has 0 bridgehead atoms. The number of nitrogen functional groups attached to an aromatic ring is 1. The van der Waals surface area contributed by atoms with Gasteiger partial charge in [0, 0.05) is 18.9 Å². The Bertz CT molecular complexity index is 491. The van der Waals surface area contributed by atoms with E-state index < -0.39 is 0 Å². The van der Waals surface area contributed by atoms with E-state index in [-0.39, 0.29) is 0 Å². The Labute approximate surface area is 94.6 Å². The van der Waals surface area contributed by atoms with Crippen LogP contribution < -0.4 is 10.5 Å². The number of hydrogen-bond donors (Lipinski definition) is 1. The molecule has 1 heterocycles. The number of aromatic nitrogens is 2. The van der Waals surface area contributed by atoms with E-state index in [4.69, 9.17) is 10.5 Å². The number of benzene rings is 1. The zero-order valence-corrected chi connectivity index (χ0v) is 9.47. The third kappa shape index (κ3) is 2.34. The van der Waals surface area contributed by atoms with Gasteiger partial charge in [-0.2, -0.15) is 5.10 Å². The van der Waals surface area contributed by atoms with Crippen molar-refractivity contribution in [2.45, 2.75) is 13.5 Å². The quantitative estimate of drug-likeness (QED) is 0.799. The lowest BCUT2D eigenvalue weighted by Crippen LogP contribution is -1.98. The first-order valence-corrected chi connectivity index (χ1v) is 5.12. The molecule has 84 valence electrons. The summed E-state index contributed by atoms with van der Waals surface area (Å²) in [5, 5.41) is 4.23. The van der Waals surface area contributed by atoms with Crippen molar-refractivity contribution in [2.24, 2.45) is 7.05 Å². The first-order valence-electron chi connectivity index (χ1n) is 5.12. The van der Waals surface area contributed by atoms with Gasteiger partial charge in [-0.25, -0.2) is 0 Å². The van der Waals surface area contributed by atoms with Crippen LogP contribution in [-0.4, -0.2) is 9.78 Å². The van der Waals surface area contributed by atoms with Crippen LogP contribution in [0.2, 0.25) is 0 Å². The Kier molecular flexibility index (Phi) is 2.81. The van der Waals surface area contributed by atoms with Gasteiger partial charge in [0.05, 0.1) is 5.69 Å². The molecule has 0 spiro atoms. The molecule has 1 aromatic carbocycles. The highest BCUT2D eigenvalue weighted by Gasteiger charge is 2.00. The molecule has 0 radical (unpaired) electrons. The summed E-state index contributed by atoms with van der Waals surface area (Å²) in [4.78, 5) is 0. The minimum Gasteiger partial charge on any atom is -0.487 e. The Morgan fingerprint density at radius 2 is 2.19 bits per heavy atom. The van der Waals surface area contributed by atoms with Crippen LogP contribution in [0.15, 0.2) is 30.5 Å². The molecule has 4 nitrogen and oxygen atoms in total. The molecule has 2 aromatic rings. The molecule has 0 saturated heterocycles. The fourth-order valence-corrected chi connectivity index (χ4v) is 1.44. The van der Waals surface area contributed by atoms with Crippen LogP contribution in [0.4, 0.5) is 5.69 Å². The van der Waals surface area contributed by atoms with E-state index in [0.29, 0.717) is 6.61 Å². The lowest BCUT2D eigenvalue weighted by Gasteiger charge is -2.06. The van der Waals surface area contributed by atoms with Crippen molar-refractivity contribution in [3.8, 4) is 5.75 Å². The van der Waals surface area contributed by atoms with Crippen molar-refractivity contribution < 1.29 is 4.74 Å². The predicted molar refractivity (Wildman–Crippen MR) is 63.1 cm³/mol. The highest BCUT2D eigenvalue weighted by Crippen LogP contribution is 2.19. The average Bonchev–Trinajstić information content (AvgIpc) is 2.66. The molecule has 2 N–H and O–H groups in total. The predicted octanol–water partition coefficient (Wildman–Crippen LogP) is 1.89. The number of aryl methyl sites for hydroxylation is 2. The van der Waals surface area contributed by atoms with Crippen molar-refractivity contribution in [3.63, 3.8) is 0 Å². The van der Waals surface area contributed by atoms with E-state index in [1.807, 2.05) is 44.4 Å². The van der Waals surface area contributed by atoms with Crippen LogP contribution in [0.3, 0.4) is 0 Å². The third-order valence-electron chi connectivity index (χ3n) is 2.40. The number of ether oxygens (including phenoxy) is 1. The van der Waals surface area contributed by atoms with E-state index in [1.165, 1.54) is 0 Å². The maximum atomic E-state index is 5.73. The summed E-state index contributed by atoms with van der Waals surface area (Å²) < 4.78 is 7.37. The summed E-state index contributed by atoms with van der Waals surface area (Å²) in [6.07, 6.45) is 1.90. The Balaban J connectivity index is 2.02. The lowest BCUT2D eigenvalue weighted by atomic mass is 10.2. The van der Waals surface area contributed by atoms with Gasteiger partial charge in [0.2, 0.25) is 0 Å². The van der Waals surface area contributed by atoms with Gasteiger partial charge in [0.1, 0.15) is 12.4 Å². The van der Waals surface area contributed by atoms with Crippen LogP contribution in [0.25, 0.3) is 0 Å². The molecule has 2 rings (SSSR count). The van der Waals surface area contributed by atoms with Crippen molar-refractivity contribution >= 4 is 5.69 Å².